The summed E-state index contributed by atoms with van der Waals surface area (Å²) in [7, 11) is 0. The van der Waals surface area contributed by atoms with Gasteiger partial charge in [0.1, 0.15) is 0 Å². The molecule has 2 aromatic rings. The Morgan fingerprint density at radius 3 is 3.05 bits per heavy atom. The zero-order chi connectivity index (χ0) is 13.9. The van der Waals surface area contributed by atoms with Crippen LogP contribution in [0.5, 0.6) is 0 Å². The molecule has 0 aliphatic carbocycles. The summed E-state index contributed by atoms with van der Waals surface area (Å²) in [6.45, 7) is 3.46. The van der Waals surface area contributed by atoms with Gasteiger partial charge >= 0.3 is 0 Å². The van der Waals surface area contributed by atoms with E-state index in [2.05, 4.69) is 15.1 Å². The summed E-state index contributed by atoms with van der Waals surface area (Å²) < 4.78 is 5.26. The van der Waals surface area contributed by atoms with Gasteiger partial charge in [0.05, 0.1) is 0 Å². The summed E-state index contributed by atoms with van der Waals surface area (Å²) in [5, 5.41) is 3.96. The lowest BCUT2D eigenvalue weighted by Gasteiger charge is -2.38. The van der Waals surface area contributed by atoms with Crippen molar-refractivity contribution in [3.63, 3.8) is 0 Å². The Morgan fingerprint density at radius 2 is 2.35 bits per heavy atom. The van der Waals surface area contributed by atoms with Crippen LogP contribution in [0.3, 0.4) is 0 Å². The third-order valence-electron chi connectivity index (χ3n) is 3.46. The summed E-state index contributed by atoms with van der Waals surface area (Å²) in [5.41, 5.74) is 0.846. The van der Waals surface area contributed by atoms with Crippen LogP contribution < -0.4 is 0 Å². The van der Waals surface area contributed by atoms with Crippen LogP contribution in [0.2, 0.25) is 0 Å². The zero-order valence-corrected chi connectivity index (χ0v) is 11.3. The van der Waals surface area contributed by atoms with Crippen molar-refractivity contribution in [2.24, 2.45) is 5.92 Å². The Labute approximate surface area is 116 Å². The van der Waals surface area contributed by atoms with Crippen molar-refractivity contribution >= 4 is 5.91 Å². The number of rotatable bonds is 4. The molecular formula is C14H16N4O2. The fourth-order valence-electron chi connectivity index (χ4n) is 2.32. The minimum Gasteiger partial charge on any atom is -0.342 e. The van der Waals surface area contributed by atoms with E-state index in [0.717, 1.165) is 25.1 Å². The highest BCUT2D eigenvalue weighted by Gasteiger charge is 2.31. The van der Waals surface area contributed by atoms with E-state index in [-0.39, 0.29) is 5.91 Å². The van der Waals surface area contributed by atoms with Gasteiger partial charge in [-0.25, -0.2) is 0 Å². The molecule has 6 nitrogen and oxygen atoms in total. The number of carbonyl (C=O) groups is 1. The van der Waals surface area contributed by atoms with Gasteiger partial charge in [0.2, 0.25) is 17.6 Å². The van der Waals surface area contributed by atoms with Crippen LogP contribution in [-0.4, -0.2) is 39.0 Å². The summed E-state index contributed by atoms with van der Waals surface area (Å²) in [6.07, 6.45) is 4.71. The first-order valence-electron chi connectivity index (χ1n) is 6.77. The summed E-state index contributed by atoms with van der Waals surface area (Å²) in [4.78, 5) is 21.7. The Kier molecular flexibility index (Phi) is 3.45. The SMILES string of the molecule is CCC(=O)N1CC(Cc2nc(-c3cccnc3)no2)C1. The molecule has 20 heavy (non-hydrogen) atoms. The maximum absolute atomic E-state index is 11.4. The van der Waals surface area contributed by atoms with Crippen molar-refractivity contribution in [3.8, 4) is 11.4 Å². The van der Waals surface area contributed by atoms with Crippen molar-refractivity contribution < 1.29 is 9.32 Å². The fraction of sp³-hybridized carbons (Fsp3) is 0.429. The highest BCUT2D eigenvalue weighted by atomic mass is 16.5. The van der Waals surface area contributed by atoms with Crippen LogP contribution in [0.15, 0.2) is 29.0 Å². The lowest BCUT2D eigenvalue weighted by molar-refractivity contribution is -0.137. The number of hydrogen-bond acceptors (Lipinski definition) is 5. The van der Waals surface area contributed by atoms with Crippen LogP contribution in [0, 0.1) is 5.92 Å². The lowest BCUT2D eigenvalue weighted by Crippen LogP contribution is -2.50. The number of pyridine rings is 1. The average Bonchev–Trinajstić information content (AvgIpc) is 2.91. The van der Waals surface area contributed by atoms with Gasteiger partial charge in [0.15, 0.2) is 0 Å². The molecule has 0 bridgehead atoms. The van der Waals surface area contributed by atoms with Crippen LogP contribution in [0.25, 0.3) is 11.4 Å². The number of nitrogens with zero attached hydrogens (tertiary/aromatic N) is 4. The van der Waals surface area contributed by atoms with Gasteiger partial charge in [0.25, 0.3) is 0 Å². The molecular weight excluding hydrogens is 256 g/mol. The molecule has 0 radical (unpaired) electrons. The van der Waals surface area contributed by atoms with Crippen molar-refractivity contribution in [2.75, 3.05) is 13.1 Å². The molecule has 0 N–H and O–H groups in total. The predicted octanol–water partition coefficient (Wildman–Crippen LogP) is 1.54. The average molecular weight is 272 g/mol. The highest BCUT2D eigenvalue weighted by Crippen LogP contribution is 2.22. The molecule has 0 saturated carbocycles. The van der Waals surface area contributed by atoms with Gasteiger partial charge in [-0.1, -0.05) is 12.1 Å². The van der Waals surface area contributed by atoms with Gasteiger partial charge in [-0.15, -0.1) is 0 Å². The summed E-state index contributed by atoms with van der Waals surface area (Å²) in [5.74, 6) is 1.82. The minimum absolute atomic E-state index is 0.211. The minimum atomic E-state index is 0.211. The molecule has 1 fully saturated rings. The second-order valence-corrected chi connectivity index (χ2v) is 4.98. The zero-order valence-electron chi connectivity index (χ0n) is 11.3. The number of aromatic nitrogens is 3. The second-order valence-electron chi connectivity index (χ2n) is 4.98. The third kappa shape index (κ3) is 2.54. The molecule has 0 aromatic carbocycles. The molecule has 0 atom stereocenters. The van der Waals surface area contributed by atoms with Crippen LogP contribution in [0.4, 0.5) is 0 Å². The predicted molar refractivity (Wildman–Crippen MR) is 71.6 cm³/mol. The van der Waals surface area contributed by atoms with E-state index in [9.17, 15) is 4.79 Å². The highest BCUT2D eigenvalue weighted by molar-refractivity contribution is 5.76. The van der Waals surface area contributed by atoms with E-state index in [0.29, 0.717) is 24.1 Å². The Balaban J connectivity index is 1.58. The number of likely N-dealkylation sites (tertiary alicyclic amines) is 1. The van der Waals surface area contributed by atoms with Crippen LogP contribution in [0.1, 0.15) is 19.2 Å². The molecule has 1 amide bonds. The number of hydrogen-bond donors (Lipinski definition) is 0. The maximum Gasteiger partial charge on any atom is 0.227 e. The van der Waals surface area contributed by atoms with Crippen molar-refractivity contribution in [1.82, 2.24) is 20.0 Å². The normalized spacial score (nSPS) is 15.2. The third-order valence-corrected chi connectivity index (χ3v) is 3.46. The molecule has 0 spiro atoms. The van der Waals surface area contributed by atoms with E-state index in [4.69, 9.17) is 4.52 Å². The van der Waals surface area contributed by atoms with Crippen LogP contribution >= 0.6 is 0 Å². The van der Waals surface area contributed by atoms with E-state index in [1.54, 1.807) is 12.4 Å². The topological polar surface area (TPSA) is 72.1 Å². The lowest BCUT2D eigenvalue weighted by atomic mass is 9.96. The molecule has 0 unspecified atom stereocenters. The molecule has 3 heterocycles. The standard InChI is InChI=1S/C14H16N4O2/c1-2-13(19)18-8-10(9-18)6-12-16-14(17-20-12)11-4-3-5-15-7-11/h3-5,7,10H,2,6,8-9H2,1H3. The van der Waals surface area contributed by atoms with Gasteiger partial charge in [0, 0.05) is 49.8 Å². The van der Waals surface area contributed by atoms with Gasteiger partial charge in [-0.05, 0) is 12.1 Å². The largest absolute Gasteiger partial charge is 0.342 e. The van der Waals surface area contributed by atoms with Gasteiger partial charge in [-0.2, -0.15) is 4.98 Å². The first kappa shape index (κ1) is 12.8. The molecule has 1 saturated heterocycles. The Hall–Kier alpha value is -2.24. The number of amides is 1. The first-order chi connectivity index (χ1) is 9.76. The second kappa shape index (κ2) is 5.40. The van der Waals surface area contributed by atoms with Crippen LogP contribution in [-0.2, 0) is 11.2 Å². The van der Waals surface area contributed by atoms with Crippen molar-refractivity contribution in [2.45, 2.75) is 19.8 Å². The Morgan fingerprint density at radius 1 is 1.50 bits per heavy atom. The van der Waals surface area contributed by atoms with E-state index < -0.39 is 0 Å². The first-order valence-corrected chi connectivity index (χ1v) is 6.77. The Bertz CT molecular complexity index is 590. The van der Waals surface area contributed by atoms with Crippen molar-refractivity contribution in [1.29, 1.82) is 0 Å². The molecule has 104 valence electrons. The maximum atomic E-state index is 11.4. The van der Waals surface area contributed by atoms with E-state index in [1.807, 2.05) is 24.0 Å². The van der Waals surface area contributed by atoms with E-state index in [1.165, 1.54) is 0 Å². The summed E-state index contributed by atoms with van der Waals surface area (Å²) in [6, 6.07) is 3.73. The van der Waals surface area contributed by atoms with E-state index >= 15 is 0 Å². The smallest absolute Gasteiger partial charge is 0.227 e. The fourth-order valence-corrected chi connectivity index (χ4v) is 2.32. The van der Waals surface area contributed by atoms with Gasteiger partial charge < -0.3 is 9.42 Å². The molecule has 1 aliphatic rings. The van der Waals surface area contributed by atoms with Crippen molar-refractivity contribution in [3.05, 3.63) is 30.4 Å². The molecule has 1 aliphatic heterocycles. The van der Waals surface area contributed by atoms with Gasteiger partial charge in [-0.3, -0.25) is 9.78 Å². The molecule has 2 aromatic heterocycles. The quantitative estimate of drug-likeness (QED) is 0.844. The summed E-state index contributed by atoms with van der Waals surface area (Å²) >= 11 is 0. The number of carbonyl (C=O) groups excluding carboxylic acids is 1. The monoisotopic (exact) mass is 272 g/mol. The molecule has 6 heteroatoms. The molecule has 3 rings (SSSR count).